The molecule has 0 aromatic heterocycles. The van der Waals surface area contributed by atoms with E-state index in [1.54, 1.807) is 12.1 Å². The van der Waals surface area contributed by atoms with Gasteiger partial charge < -0.3 is 15.7 Å². The van der Waals surface area contributed by atoms with Gasteiger partial charge in [-0.15, -0.1) is 0 Å². The second kappa shape index (κ2) is 8.64. The summed E-state index contributed by atoms with van der Waals surface area (Å²) in [5, 5.41) is 16.1. The molecule has 0 bridgehead atoms. The van der Waals surface area contributed by atoms with E-state index < -0.39 is 5.97 Å². The smallest absolute Gasteiger partial charge is 0.335 e. The van der Waals surface area contributed by atoms with Crippen molar-refractivity contribution in [3.05, 3.63) is 101 Å². The fourth-order valence-corrected chi connectivity index (χ4v) is 5.63. The third-order valence-electron chi connectivity index (χ3n) is 7.32. The van der Waals surface area contributed by atoms with Gasteiger partial charge in [-0.1, -0.05) is 68.4 Å². The lowest BCUT2D eigenvalue weighted by molar-refractivity contribution is -0.120. The first kappa shape index (κ1) is 22.2. The summed E-state index contributed by atoms with van der Waals surface area (Å²) in [5.74, 6) is -0.763. The van der Waals surface area contributed by atoms with Crippen LogP contribution in [-0.2, 0) is 17.6 Å². The molecule has 0 aliphatic carbocycles. The third-order valence-corrected chi connectivity index (χ3v) is 7.32. The van der Waals surface area contributed by atoms with Crippen LogP contribution in [0.25, 0.3) is 0 Å². The Morgan fingerprint density at radius 3 is 2.53 bits per heavy atom. The quantitative estimate of drug-likeness (QED) is 0.496. The number of carbonyl (C=O) groups is 2. The van der Waals surface area contributed by atoms with Crippen molar-refractivity contribution in [3.8, 4) is 0 Å². The van der Waals surface area contributed by atoms with Gasteiger partial charge in [-0.3, -0.25) is 4.79 Å². The van der Waals surface area contributed by atoms with Gasteiger partial charge in [0.15, 0.2) is 0 Å². The molecule has 3 N–H and O–H groups in total. The fourth-order valence-electron chi connectivity index (χ4n) is 5.63. The lowest BCUT2D eigenvalue weighted by Crippen LogP contribution is -2.35. The molecule has 5 heteroatoms. The molecule has 1 fully saturated rings. The summed E-state index contributed by atoms with van der Waals surface area (Å²) in [6.07, 6.45) is 1.63. The van der Waals surface area contributed by atoms with Crippen LogP contribution in [0.5, 0.6) is 0 Å². The van der Waals surface area contributed by atoms with Gasteiger partial charge >= 0.3 is 5.97 Å². The molecule has 2 heterocycles. The first-order chi connectivity index (χ1) is 16.3. The Kier molecular flexibility index (Phi) is 5.64. The number of nitrogens with one attached hydrogen (secondary N) is 2. The summed E-state index contributed by atoms with van der Waals surface area (Å²) in [6, 6.07) is 24.1. The van der Waals surface area contributed by atoms with Crippen LogP contribution < -0.4 is 10.6 Å². The fraction of sp³-hybridized carbons (Fsp3) is 0.310. The highest BCUT2D eigenvalue weighted by Gasteiger charge is 2.39. The highest BCUT2D eigenvalue weighted by molar-refractivity contribution is 5.89. The highest BCUT2D eigenvalue weighted by atomic mass is 16.4. The van der Waals surface area contributed by atoms with Gasteiger partial charge in [0.1, 0.15) is 0 Å². The zero-order valence-electron chi connectivity index (χ0n) is 19.5. The largest absolute Gasteiger partial charge is 0.478 e. The molecule has 1 saturated heterocycles. The Morgan fingerprint density at radius 2 is 1.76 bits per heavy atom. The number of amides is 1. The topological polar surface area (TPSA) is 78.4 Å². The molecule has 3 aromatic rings. The van der Waals surface area contributed by atoms with Gasteiger partial charge in [-0.2, -0.15) is 0 Å². The first-order valence-electron chi connectivity index (χ1n) is 11.9. The minimum Gasteiger partial charge on any atom is -0.478 e. The van der Waals surface area contributed by atoms with E-state index >= 15 is 0 Å². The molecule has 0 saturated carbocycles. The standard InChI is InChI=1S/C29H30N2O3/c1-29(2)16-22-15-21(28(33)34)11-12-24(22)31-26(29)20-10-6-9-19(14-20)25-23(17-30-27(25)32)13-18-7-4-3-5-8-18/h3-12,14-15,23,25-26,31H,13,16-17H2,1-2H3,(H,30,32)(H,33,34)/t23?,25-,26?/m0/s1. The molecule has 5 rings (SSSR count). The van der Waals surface area contributed by atoms with Crippen LogP contribution in [0.15, 0.2) is 72.8 Å². The van der Waals surface area contributed by atoms with Crippen LogP contribution in [0.3, 0.4) is 0 Å². The molecular weight excluding hydrogens is 424 g/mol. The van der Waals surface area contributed by atoms with Gasteiger partial charge in [-0.05, 0) is 64.6 Å². The number of hydrogen-bond acceptors (Lipinski definition) is 3. The van der Waals surface area contributed by atoms with Crippen molar-refractivity contribution >= 4 is 17.6 Å². The second-order valence-corrected chi connectivity index (χ2v) is 10.3. The van der Waals surface area contributed by atoms with Crippen LogP contribution in [0.2, 0.25) is 0 Å². The Balaban J connectivity index is 1.44. The van der Waals surface area contributed by atoms with Gasteiger partial charge in [0.05, 0.1) is 17.5 Å². The lowest BCUT2D eigenvalue weighted by Gasteiger charge is -2.41. The van der Waals surface area contributed by atoms with Gasteiger partial charge in [0.2, 0.25) is 5.91 Å². The van der Waals surface area contributed by atoms with E-state index in [4.69, 9.17) is 0 Å². The first-order valence-corrected chi connectivity index (χ1v) is 11.9. The van der Waals surface area contributed by atoms with Crippen LogP contribution in [0, 0.1) is 11.3 Å². The molecule has 1 amide bonds. The summed E-state index contributed by atoms with van der Waals surface area (Å²) in [6.45, 7) is 5.09. The van der Waals surface area contributed by atoms with E-state index in [1.165, 1.54) is 5.56 Å². The molecule has 2 aliphatic heterocycles. The molecule has 3 atom stereocenters. The van der Waals surface area contributed by atoms with Crippen molar-refractivity contribution in [1.29, 1.82) is 0 Å². The average Bonchev–Trinajstić information content (AvgIpc) is 3.18. The number of fused-ring (bicyclic) bond motifs is 1. The van der Waals surface area contributed by atoms with Crippen LogP contribution >= 0.6 is 0 Å². The predicted molar refractivity (Wildman–Crippen MR) is 133 cm³/mol. The van der Waals surface area contributed by atoms with E-state index in [1.807, 2.05) is 24.3 Å². The Bertz CT molecular complexity index is 1240. The van der Waals surface area contributed by atoms with Crippen molar-refractivity contribution in [3.63, 3.8) is 0 Å². The Hall–Kier alpha value is -3.60. The molecule has 2 aliphatic rings. The van der Waals surface area contributed by atoms with E-state index in [0.29, 0.717) is 12.1 Å². The van der Waals surface area contributed by atoms with Crippen LogP contribution in [0.4, 0.5) is 5.69 Å². The zero-order valence-corrected chi connectivity index (χ0v) is 19.5. The summed E-state index contributed by atoms with van der Waals surface area (Å²) in [4.78, 5) is 24.3. The van der Waals surface area contributed by atoms with Crippen LogP contribution in [0.1, 0.15) is 58.4 Å². The van der Waals surface area contributed by atoms with Crippen molar-refractivity contribution < 1.29 is 14.7 Å². The zero-order chi connectivity index (χ0) is 23.9. The molecule has 0 radical (unpaired) electrons. The number of carboxylic acid groups (broad SMARTS) is 1. The van der Waals surface area contributed by atoms with Crippen molar-refractivity contribution in [2.45, 2.75) is 38.6 Å². The Labute approximate surface area is 200 Å². The maximum absolute atomic E-state index is 12.9. The second-order valence-electron chi connectivity index (χ2n) is 10.3. The summed E-state index contributed by atoms with van der Waals surface area (Å²) in [5.41, 5.74) is 5.62. The average molecular weight is 455 g/mol. The maximum Gasteiger partial charge on any atom is 0.335 e. The van der Waals surface area contributed by atoms with E-state index in [-0.39, 0.29) is 29.2 Å². The molecular formula is C29H30N2O3. The van der Waals surface area contributed by atoms with Gasteiger partial charge in [0.25, 0.3) is 0 Å². The van der Waals surface area contributed by atoms with Crippen LogP contribution in [-0.4, -0.2) is 23.5 Å². The summed E-state index contributed by atoms with van der Waals surface area (Å²) in [7, 11) is 0. The monoisotopic (exact) mass is 454 g/mol. The molecule has 174 valence electrons. The van der Waals surface area contributed by atoms with E-state index in [0.717, 1.165) is 35.2 Å². The van der Waals surface area contributed by atoms with Crippen molar-refractivity contribution in [1.82, 2.24) is 5.32 Å². The molecule has 5 nitrogen and oxygen atoms in total. The maximum atomic E-state index is 12.9. The third kappa shape index (κ3) is 4.18. The molecule has 34 heavy (non-hydrogen) atoms. The number of rotatable bonds is 5. The highest BCUT2D eigenvalue weighted by Crippen LogP contribution is 2.45. The van der Waals surface area contributed by atoms with Crippen molar-refractivity contribution in [2.24, 2.45) is 11.3 Å². The number of hydrogen-bond donors (Lipinski definition) is 3. The summed E-state index contributed by atoms with van der Waals surface area (Å²) >= 11 is 0. The SMILES string of the molecule is CC1(C)Cc2cc(C(=O)O)ccc2NC1c1cccc([C@@H]2C(=O)NCC2Cc2ccccc2)c1. The number of aromatic carboxylic acids is 1. The number of carbonyl (C=O) groups excluding carboxylic acids is 1. The number of benzene rings is 3. The molecule has 0 spiro atoms. The van der Waals surface area contributed by atoms with Gasteiger partial charge in [0, 0.05) is 12.2 Å². The number of anilines is 1. The Morgan fingerprint density at radius 1 is 1.00 bits per heavy atom. The lowest BCUT2D eigenvalue weighted by atomic mass is 9.72. The number of carboxylic acids is 1. The minimum absolute atomic E-state index is 0.0488. The van der Waals surface area contributed by atoms with E-state index in [2.05, 4.69) is 60.9 Å². The summed E-state index contributed by atoms with van der Waals surface area (Å²) < 4.78 is 0. The minimum atomic E-state index is -0.907. The normalized spacial score (nSPS) is 23.0. The molecule has 2 unspecified atom stereocenters. The van der Waals surface area contributed by atoms with E-state index in [9.17, 15) is 14.7 Å². The van der Waals surface area contributed by atoms with Crippen molar-refractivity contribution in [2.75, 3.05) is 11.9 Å². The van der Waals surface area contributed by atoms with Gasteiger partial charge in [-0.25, -0.2) is 4.79 Å². The molecule has 3 aromatic carbocycles. The predicted octanol–water partition coefficient (Wildman–Crippen LogP) is 5.19.